The smallest absolute Gasteiger partial charge is 0.331 e. The maximum atomic E-state index is 13.5. The molecule has 7 heteroatoms. The van der Waals surface area contributed by atoms with Crippen molar-refractivity contribution in [3.8, 4) is 5.75 Å². The van der Waals surface area contributed by atoms with Gasteiger partial charge in [0.1, 0.15) is 11.6 Å². The lowest BCUT2D eigenvalue weighted by Gasteiger charge is -2.31. The summed E-state index contributed by atoms with van der Waals surface area (Å²) in [4.78, 5) is 28.9. The molecule has 0 saturated carbocycles. The van der Waals surface area contributed by atoms with Crippen LogP contribution in [0.2, 0.25) is 0 Å². The molecule has 23 heavy (non-hydrogen) atoms. The Kier molecular flexibility index (Phi) is 5.31. The van der Waals surface area contributed by atoms with Crippen LogP contribution >= 0.6 is 0 Å². The van der Waals surface area contributed by atoms with Crippen LogP contribution in [0.4, 0.5) is 4.39 Å². The second-order valence-corrected chi connectivity index (χ2v) is 5.50. The van der Waals surface area contributed by atoms with Crippen molar-refractivity contribution < 1.29 is 23.9 Å². The number of halogens is 1. The zero-order valence-electron chi connectivity index (χ0n) is 13.1. The van der Waals surface area contributed by atoms with E-state index in [1.165, 1.54) is 19.9 Å². The van der Waals surface area contributed by atoms with Gasteiger partial charge in [0.15, 0.2) is 0 Å². The summed E-state index contributed by atoms with van der Waals surface area (Å²) in [5.74, 6) is -1.39. The van der Waals surface area contributed by atoms with Crippen LogP contribution in [0.15, 0.2) is 23.4 Å². The lowest BCUT2D eigenvalue weighted by molar-refractivity contribution is -0.141. The molecule has 1 aromatic carbocycles. The molecule has 0 atom stereocenters. The lowest BCUT2D eigenvalue weighted by Crippen LogP contribution is -2.39. The first-order chi connectivity index (χ1) is 10.9. The topological polar surface area (TPSA) is 79.2 Å². The van der Waals surface area contributed by atoms with Crippen molar-refractivity contribution in [2.45, 2.75) is 26.7 Å². The maximum absolute atomic E-state index is 13.5. The Morgan fingerprint density at radius 1 is 1.30 bits per heavy atom. The molecule has 0 aliphatic carbocycles. The molecule has 0 unspecified atom stereocenters. The Bertz CT molecular complexity index is 637. The van der Waals surface area contributed by atoms with Gasteiger partial charge in [-0.2, -0.15) is 0 Å². The maximum Gasteiger partial charge on any atom is 0.331 e. The van der Waals surface area contributed by atoms with Crippen molar-refractivity contribution >= 4 is 17.6 Å². The Balaban J connectivity index is 2.29. The molecule has 0 aromatic heterocycles. The molecule has 124 valence electrons. The first kappa shape index (κ1) is 16.9. The van der Waals surface area contributed by atoms with E-state index in [9.17, 15) is 19.1 Å². The Hall–Kier alpha value is -2.44. The van der Waals surface area contributed by atoms with Crippen molar-refractivity contribution in [3.05, 3.63) is 29.6 Å². The molecule has 0 spiro atoms. The van der Waals surface area contributed by atoms with E-state index in [2.05, 4.69) is 5.16 Å². The number of aromatic hydroxyl groups is 1. The SMILES string of the molecule is CC(=O)ON=C(c1cc(F)ccc1O)C1CCN(C(C)=O)CC1. The average molecular weight is 322 g/mol. The van der Waals surface area contributed by atoms with Crippen LogP contribution < -0.4 is 0 Å². The summed E-state index contributed by atoms with van der Waals surface area (Å²) in [5, 5.41) is 13.8. The van der Waals surface area contributed by atoms with Crippen LogP contribution in [-0.2, 0) is 14.4 Å². The predicted molar refractivity (Wildman–Crippen MR) is 81.3 cm³/mol. The number of hydrogen-bond donors (Lipinski definition) is 1. The van der Waals surface area contributed by atoms with Gasteiger partial charge in [0, 0.05) is 38.4 Å². The molecule has 2 rings (SSSR count). The second-order valence-electron chi connectivity index (χ2n) is 5.50. The zero-order valence-corrected chi connectivity index (χ0v) is 13.1. The minimum atomic E-state index is -0.598. The number of amides is 1. The van der Waals surface area contributed by atoms with Gasteiger partial charge in [0.05, 0.1) is 5.71 Å². The minimum absolute atomic E-state index is 0.00414. The number of carbonyl (C=O) groups is 2. The summed E-state index contributed by atoms with van der Waals surface area (Å²) < 4.78 is 13.5. The van der Waals surface area contributed by atoms with E-state index in [1.54, 1.807) is 4.90 Å². The van der Waals surface area contributed by atoms with Gasteiger partial charge in [-0.1, -0.05) is 5.16 Å². The number of nitrogens with zero attached hydrogens (tertiary/aromatic N) is 2. The molecule has 6 nitrogen and oxygen atoms in total. The lowest BCUT2D eigenvalue weighted by atomic mass is 9.87. The molecule has 1 amide bonds. The summed E-state index contributed by atoms with van der Waals surface area (Å²) in [7, 11) is 0. The van der Waals surface area contributed by atoms with Gasteiger partial charge in [0.25, 0.3) is 0 Å². The van der Waals surface area contributed by atoms with E-state index in [0.29, 0.717) is 31.6 Å². The molecule has 1 saturated heterocycles. The van der Waals surface area contributed by atoms with E-state index < -0.39 is 11.8 Å². The van der Waals surface area contributed by atoms with Crippen LogP contribution in [0.5, 0.6) is 5.75 Å². The monoisotopic (exact) mass is 322 g/mol. The highest BCUT2D eigenvalue weighted by Crippen LogP contribution is 2.28. The van der Waals surface area contributed by atoms with E-state index in [0.717, 1.165) is 12.1 Å². The Labute approximate surface area is 133 Å². The number of likely N-dealkylation sites (tertiary alicyclic amines) is 1. The van der Waals surface area contributed by atoms with Crippen molar-refractivity contribution in [1.82, 2.24) is 4.90 Å². The van der Waals surface area contributed by atoms with E-state index in [4.69, 9.17) is 4.84 Å². The molecule has 1 aliphatic heterocycles. The number of carbonyl (C=O) groups excluding carboxylic acids is 2. The number of phenols is 1. The Morgan fingerprint density at radius 2 is 1.96 bits per heavy atom. The van der Waals surface area contributed by atoms with Gasteiger partial charge in [-0.3, -0.25) is 4.79 Å². The van der Waals surface area contributed by atoms with Gasteiger partial charge < -0.3 is 14.8 Å². The van der Waals surface area contributed by atoms with Gasteiger partial charge >= 0.3 is 5.97 Å². The van der Waals surface area contributed by atoms with Crippen LogP contribution in [0, 0.1) is 11.7 Å². The molecule has 1 heterocycles. The van der Waals surface area contributed by atoms with Crippen LogP contribution in [0.25, 0.3) is 0 Å². The van der Waals surface area contributed by atoms with Gasteiger partial charge in [-0.25, -0.2) is 9.18 Å². The second kappa shape index (κ2) is 7.21. The summed E-state index contributed by atoms with van der Waals surface area (Å²) >= 11 is 0. The van der Waals surface area contributed by atoms with E-state index >= 15 is 0 Å². The molecule has 1 aromatic rings. The summed E-state index contributed by atoms with van der Waals surface area (Å²) in [6.07, 6.45) is 1.19. The fourth-order valence-corrected chi connectivity index (χ4v) is 2.64. The van der Waals surface area contributed by atoms with Crippen LogP contribution in [0.1, 0.15) is 32.3 Å². The molecule has 0 radical (unpaired) electrons. The molecule has 1 fully saturated rings. The van der Waals surface area contributed by atoms with Crippen molar-refractivity contribution in [2.75, 3.05) is 13.1 Å². The van der Waals surface area contributed by atoms with Crippen molar-refractivity contribution in [1.29, 1.82) is 0 Å². The van der Waals surface area contributed by atoms with Gasteiger partial charge in [-0.05, 0) is 31.0 Å². The largest absolute Gasteiger partial charge is 0.507 e. The highest BCUT2D eigenvalue weighted by Gasteiger charge is 2.28. The third-order valence-electron chi connectivity index (χ3n) is 3.83. The Morgan fingerprint density at radius 3 is 2.52 bits per heavy atom. The van der Waals surface area contributed by atoms with Crippen molar-refractivity contribution in [2.24, 2.45) is 11.1 Å². The fourth-order valence-electron chi connectivity index (χ4n) is 2.64. The standard InChI is InChI=1S/C16H19FN2O4/c1-10(20)19-7-5-12(6-8-19)16(18-23-11(2)21)14-9-13(17)3-4-15(14)22/h3-4,9,12,22H,5-8H2,1-2H3. The number of hydrogen-bond acceptors (Lipinski definition) is 5. The predicted octanol–water partition coefficient (Wildman–Crippen LogP) is 2.06. The number of rotatable bonds is 3. The number of phenolic OH excluding ortho intramolecular Hbond substituents is 1. The number of benzene rings is 1. The van der Waals surface area contributed by atoms with Crippen molar-refractivity contribution in [3.63, 3.8) is 0 Å². The van der Waals surface area contributed by atoms with Gasteiger partial charge in [0.2, 0.25) is 5.91 Å². The summed E-state index contributed by atoms with van der Waals surface area (Å²) in [6, 6.07) is 3.54. The number of piperidine rings is 1. The first-order valence-electron chi connectivity index (χ1n) is 7.38. The molecule has 1 N–H and O–H groups in total. The zero-order chi connectivity index (χ0) is 17.0. The summed E-state index contributed by atoms with van der Waals surface area (Å²) in [6.45, 7) is 3.79. The minimum Gasteiger partial charge on any atom is -0.507 e. The third-order valence-corrected chi connectivity index (χ3v) is 3.83. The average Bonchev–Trinajstić information content (AvgIpc) is 2.51. The van der Waals surface area contributed by atoms with Crippen LogP contribution in [0.3, 0.4) is 0 Å². The third kappa shape index (κ3) is 4.28. The normalized spacial score (nSPS) is 16.3. The fraction of sp³-hybridized carbons (Fsp3) is 0.438. The highest BCUT2D eigenvalue weighted by molar-refractivity contribution is 6.04. The van der Waals surface area contributed by atoms with E-state index in [1.807, 2.05) is 0 Å². The highest BCUT2D eigenvalue weighted by atomic mass is 19.1. The van der Waals surface area contributed by atoms with Gasteiger partial charge in [-0.15, -0.1) is 0 Å². The molecule has 1 aliphatic rings. The molecular formula is C16H19FN2O4. The van der Waals surface area contributed by atoms with Crippen LogP contribution in [-0.4, -0.2) is 40.7 Å². The van der Waals surface area contributed by atoms with E-state index in [-0.39, 0.29) is 23.1 Å². The first-order valence-corrected chi connectivity index (χ1v) is 7.38. The molecular weight excluding hydrogens is 303 g/mol. The summed E-state index contributed by atoms with van der Waals surface area (Å²) in [5.41, 5.74) is 0.521. The number of oxime groups is 1. The quantitative estimate of drug-likeness (QED) is 0.525. The molecule has 0 bridgehead atoms.